The molecule has 0 spiro atoms. The van der Waals surface area contributed by atoms with E-state index in [9.17, 15) is 8.42 Å². The van der Waals surface area contributed by atoms with Crippen molar-refractivity contribution in [3.8, 4) is 11.5 Å². The Hall–Kier alpha value is -1.64. The molecule has 0 atom stereocenters. The number of nitrogens with zero attached hydrogens (tertiary/aromatic N) is 3. The van der Waals surface area contributed by atoms with Crippen LogP contribution in [0.2, 0.25) is 15.1 Å². The summed E-state index contributed by atoms with van der Waals surface area (Å²) in [7, 11) is -3.88. The van der Waals surface area contributed by atoms with Gasteiger partial charge in [0, 0.05) is 16.6 Å². The predicted octanol–water partition coefficient (Wildman–Crippen LogP) is 5.05. The summed E-state index contributed by atoms with van der Waals surface area (Å²) in [6.07, 6.45) is 1.52. The van der Waals surface area contributed by atoms with Crippen molar-refractivity contribution in [1.29, 1.82) is 0 Å². The average molecular weight is 459 g/mol. The first-order chi connectivity index (χ1) is 13.4. The van der Waals surface area contributed by atoms with Gasteiger partial charge in [-0.3, -0.25) is 0 Å². The lowest BCUT2D eigenvalue weighted by Gasteiger charge is -2.21. The summed E-state index contributed by atoms with van der Waals surface area (Å²) in [5.74, 6) is 0.485. The largest absolute Gasteiger partial charge is 0.419 e. The average Bonchev–Trinajstić information content (AvgIpc) is 3.40. The van der Waals surface area contributed by atoms with Crippen LogP contribution < -0.4 is 0 Å². The van der Waals surface area contributed by atoms with Crippen molar-refractivity contribution in [3.05, 3.63) is 63.4 Å². The highest BCUT2D eigenvalue weighted by atomic mass is 35.5. The fraction of sp³-hybridized carbons (Fsp3) is 0.222. The van der Waals surface area contributed by atoms with Gasteiger partial charge in [0.1, 0.15) is 4.90 Å². The van der Waals surface area contributed by atoms with E-state index >= 15 is 0 Å². The summed E-state index contributed by atoms with van der Waals surface area (Å²) in [4.78, 5) is -0.0361. The molecular formula is C18H14Cl3N3O3S. The summed E-state index contributed by atoms with van der Waals surface area (Å²) in [5, 5.41) is 8.78. The van der Waals surface area contributed by atoms with Crippen molar-refractivity contribution in [1.82, 2.24) is 14.5 Å². The molecule has 1 fully saturated rings. The van der Waals surface area contributed by atoms with Crippen LogP contribution in [0.25, 0.3) is 11.5 Å². The topological polar surface area (TPSA) is 76.3 Å². The third kappa shape index (κ3) is 3.90. The third-order valence-electron chi connectivity index (χ3n) is 4.31. The zero-order valence-corrected chi connectivity index (χ0v) is 17.4. The molecule has 6 nitrogen and oxygen atoms in total. The first-order valence-electron chi connectivity index (χ1n) is 8.40. The molecule has 0 N–H and O–H groups in total. The standard InChI is InChI=1S/C18H14Cl3N3O3S/c19-12-6-4-11(5-7-12)18-23-22-16(27-18)10-24(13-8-9-13)28(25,26)15-3-1-2-14(20)17(15)21/h1-7,13H,8-10H2. The Morgan fingerprint density at radius 1 is 1.04 bits per heavy atom. The number of halogens is 3. The van der Waals surface area contributed by atoms with E-state index in [1.165, 1.54) is 10.4 Å². The van der Waals surface area contributed by atoms with Gasteiger partial charge in [-0.1, -0.05) is 40.9 Å². The Morgan fingerprint density at radius 2 is 1.75 bits per heavy atom. The lowest BCUT2D eigenvalue weighted by molar-refractivity contribution is 0.351. The summed E-state index contributed by atoms with van der Waals surface area (Å²) >= 11 is 18.0. The molecule has 0 radical (unpaired) electrons. The molecule has 0 aliphatic heterocycles. The van der Waals surface area contributed by atoms with Gasteiger partial charge in [0.15, 0.2) is 0 Å². The van der Waals surface area contributed by atoms with E-state index in [-0.39, 0.29) is 33.4 Å². The molecule has 0 amide bonds. The van der Waals surface area contributed by atoms with Gasteiger partial charge in [-0.05, 0) is 49.2 Å². The van der Waals surface area contributed by atoms with Crippen molar-refractivity contribution in [2.75, 3.05) is 0 Å². The molecule has 28 heavy (non-hydrogen) atoms. The van der Waals surface area contributed by atoms with Crippen LogP contribution in [0.3, 0.4) is 0 Å². The second-order valence-electron chi connectivity index (χ2n) is 6.34. The molecule has 2 aromatic carbocycles. The van der Waals surface area contributed by atoms with Gasteiger partial charge < -0.3 is 4.42 Å². The molecule has 1 aliphatic rings. The maximum Gasteiger partial charge on any atom is 0.247 e. The number of rotatable bonds is 6. The van der Waals surface area contributed by atoms with E-state index in [4.69, 9.17) is 39.2 Å². The highest BCUT2D eigenvalue weighted by molar-refractivity contribution is 7.89. The van der Waals surface area contributed by atoms with E-state index in [0.29, 0.717) is 16.5 Å². The monoisotopic (exact) mass is 457 g/mol. The molecule has 1 aromatic heterocycles. The van der Waals surface area contributed by atoms with Gasteiger partial charge in [0.2, 0.25) is 21.8 Å². The zero-order chi connectivity index (χ0) is 19.9. The Bertz CT molecular complexity index is 1110. The number of hydrogen-bond acceptors (Lipinski definition) is 5. The van der Waals surface area contributed by atoms with Crippen LogP contribution in [0.15, 0.2) is 51.8 Å². The van der Waals surface area contributed by atoms with Crippen LogP contribution in [0.4, 0.5) is 0 Å². The minimum absolute atomic E-state index is 0.00204. The third-order valence-corrected chi connectivity index (χ3v) is 7.43. The Morgan fingerprint density at radius 3 is 2.43 bits per heavy atom. The molecule has 0 bridgehead atoms. The number of benzene rings is 2. The van der Waals surface area contributed by atoms with Crippen LogP contribution in [0, 0.1) is 0 Å². The van der Waals surface area contributed by atoms with E-state index in [2.05, 4.69) is 10.2 Å². The summed E-state index contributed by atoms with van der Waals surface area (Å²) in [5.41, 5.74) is 0.696. The molecule has 0 unspecified atom stereocenters. The fourth-order valence-electron chi connectivity index (χ4n) is 2.74. The van der Waals surface area contributed by atoms with E-state index in [1.54, 1.807) is 36.4 Å². The summed E-state index contributed by atoms with van der Waals surface area (Å²) < 4.78 is 33.4. The fourth-order valence-corrected chi connectivity index (χ4v) is 5.24. The minimum Gasteiger partial charge on any atom is -0.419 e. The molecule has 0 saturated heterocycles. The van der Waals surface area contributed by atoms with Gasteiger partial charge in [-0.2, -0.15) is 4.31 Å². The van der Waals surface area contributed by atoms with Crippen molar-refractivity contribution < 1.29 is 12.8 Å². The van der Waals surface area contributed by atoms with Gasteiger partial charge in [-0.15, -0.1) is 10.2 Å². The molecule has 146 valence electrons. The normalized spacial score (nSPS) is 14.6. The lowest BCUT2D eigenvalue weighted by atomic mass is 10.2. The second-order valence-corrected chi connectivity index (χ2v) is 9.42. The van der Waals surface area contributed by atoms with E-state index in [0.717, 1.165) is 12.8 Å². The minimum atomic E-state index is -3.88. The zero-order valence-electron chi connectivity index (χ0n) is 14.3. The van der Waals surface area contributed by atoms with Gasteiger partial charge in [0.25, 0.3) is 0 Å². The van der Waals surface area contributed by atoms with Gasteiger partial charge >= 0.3 is 0 Å². The summed E-state index contributed by atoms with van der Waals surface area (Å²) in [6.45, 7) is -0.0452. The molecule has 3 aromatic rings. The van der Waals surface area contributed by atoms with Crippen molar-refractivity contribution in [2.45, 2.75) is 30.3 Å². The molecule has 10 heteroatoms. The molecular weight excluding hydrogens is 445 g/mol. The second kappa shape index (κ2) is 7.65. The Kier molecular flexibility index (Phi) is 5.37. The number of aromatic nitrogens is 2. The summed E-state index contributed by atoms with van der Waals surface area (Å²) in [6, 6.07) is 11.3. The molecule has 1 saturated carbocycles. The van der Waals surface area contributed by atoms with Crippen LogP contribution in [0.1, 0.15) is 18.7 Å². The van der Waals surface area contributed by atoms with Crippen LogP contribution in [-0.4, -0.2) is 29.0 Å². The van der Waals surface area contributed by atoms with Crippen molar-refractivity contribution in [2.24, 2.45) is 0 Å². The Labute approximate surface area is 177 Å². The highest BCUT2D eigenvalue weighted by Crippen LogP contribution is 2.37. The lowest BCUT2D eigenvalue weighted by Crippen LogP contribution is -2.33. The maximum atomic E-state index is 13.2. The van der Waals surface area contributed by atoms with Crippen LogP contribution >= 0.6 is 34.8 Å². The number of sulfonamides is 1. The molecule has 1 heterocycles. The Balaban J connectivity index is 1.63. The predicted molar refractivity (Wildman–Crippen MR) is 107 cm³/mol. The van der Waals surface area contributed by atoms with Crippen molar-refractivity contribution in [3.63, 3.8) is 0 Å². The smallest absolute Gasteiger partial charge is 0.247 e. The maximum absolute atomic E-state index is 13.2. The van der Waals surface area contributed by atoms with E-state index < -0.39 is 10.0 Å². The highest BCUT2D eigenvalue weighted by Gasteiger charge is 2.40. The van der Waals surface area contributed by atoms with Gasteiger partial charge in [-0.25, -0.2) is 8.42 Å². The van der Waals surface area contributed by atoms with Crippen LogP contribution in [0.5, 0.6) is 0 Å². The molecule has 4 rings (SSSR count). The first kappa shape index (κ1) is 19.7. The quantitative estimate of drug-likeness (QED) is 0.516. The first-order valence-corrected chi connectivity index (χ1v) is 11.0. The molecule has 1 aliphatic carbocycles. The number of hydrogen-bond donors (Lipinski definition) is 0. The van der Waals surface area contributed by atoms with Crippen molar-refractivity contribution >= 4 is 44.8 Å². The SMILES string of the molecule is O=S(=O)(c1cccc(Cl)c1Cl)N(Cc1nnc(-c2ccc(Cl)cc2)o1)C1CC1. The van der Waals surface area contributed by atoms with Crippen LogP contribution in [-0.2, 0) is 16.6 Å². The van der Waals surface area contributed by atoms with E-state index in [1.807, 2.05) is 0 Å². The van der Waals surface area contributed by atoms with Gasteiger partial charge in [0.05, 0.1) is 16.6 Å².